The van der Waals surface area contributed by atoms with Gasteiger partial charge in [-0.15, -0.1) is 6.42 Å². The molecule has 16 heavy (non-hydrogen) atoms. The summed E-state index contributed by atoms with van der Waals surface area (Å²) in [5.74, 6) is 1.79. The van der Waals surface area contributed by atoms with Crippen molar-refractivity contribution in [1.82, 2.24) is 0 Å². The zero-order chi connectivity index (χ0) is 12.3. The van der Waals surface area contributed by atoms with Gasteiger partial charge in [-0.1, -0.05) is 17.5 Å². The summed E-state index contributed by atoms with van der Waals surface area (Å²) in [6, 6.07) is 4.23. The molecule has 0 amide bonds. The van der Waals surface area contributed by atoms with E-state index in [9.17, 15) is 4.79 Å². The fourth-order valence-corrected chi connectivity index (χ4v) is 1.24. The number of ether oxygens (including phenoxy) is 1. The van der Waals surface area contributed by atoms with Gasteiger partial charge in [-0.2, -0.15) is 0 Å². The lowest BCUT2D eigenvalue weighted by atomic mass is 10.1. The Morgan fingerprint density at radius 3 is 2.62 bits per heavy atom. The number of carboxylic acid groups (broad SMARTS) is 1. The van der Waals surface area contributed by atoms with Crippen LogP contribution < -0.4 is 4.74 Å². The van der Waals surface area contributed by atoms with Crippen LogP contribution in [0.1, 0.15) is 24.2 Å². The first-order valence-corrected chi connectivity index (χ1v) is 4.93. The van der Waals surface area contributed by atoms with Gasteiger partial charge in [-0.05, 0) is 32.0 Å². The minimum Gasteiger partial charge on any atom is -0.478 e. The Morgan fingerprint density at radius 2 is 2.19 bits per heavy atom. The fourth-order valence-electron chi connectivity index (χ4n) is 1.02. The molecule has 1 rings (SSSR count). The molecule has 0 fully saturated rings. The van der Waals surface area contributed by atoms with Gasteiger partial charge in [0.2, 0.25) is 0 Å². The van der Waals surface area contributed by atoms with E-state index >= 15 is 0 Å². The Hall–Kier alpha value is -1.66. The van der Waals surface area contributed by atoms with Crippen molar-refractivity contribution in [3.8, 4) is 18.1 Å². The van der Waals surface area contributed by atoms with E-state index in [0.717, 1.165) is 0 Å². The van der Waals surface area contributed by atoms with Crippen LogP contribution in [-0.4, -0.2) is 16.7 Å². The number of halogens is 1. The van der Waals surface area contributed by atoms with Crippen molar-refractivity contribution in [2.24, 2.45) is 0 Å². The van der Waals surface area contributed by atoms with Crippen LogP contribution in [-0.2, 0) is 0 Å². The smallest absolute Gasteiger partial charge is 0.335 e. The first kappa shape index (κ1) is 12.4. The average Bonchev–Trinajstić information content (AvgIpc) is 2.20. The van der Waals surface area contributed by atoms with E-state index < -0.39 is 11.6 Å². The molecule has 4 heteroatoms. The Kier molecular flexibility index (Phi) is 3.46. The summed E-state index contributed by atoms with van der Waals surface area (Å²) in [7, 11) is 0. The highest BCUT2D eigenvalue weighted by Gasteiger charge is 2.18. The van der Waals surface area contributed by atoms with Crippen molar-refractivity contribution >= 4 is 17.6 Å². The molecule has 1 aromatic carbocycles. The molecule has 0 radical (unpaired) electrons. The van der Waals surface area contributed by atoms with Crippen LogP contribution in [0.4, 0.5) is 0 Å². The molecule has 0 aliphatic rings. The van der Waals surface area contributed by atoms with Crippen molar-refractivity contribution < 1.29 is 14.6 Å². The number of benzene rings is 1. The summed E-state index contributed by atoms with van der Waals surface area (Å²) in [5, 5.41) is 8.97. The van der Waals surface area contributed by atoms with Gasteiger partial charge in [-0.25, -0.2) is 4.79 Å². The second-order valence-corrected chi connectivity index (χ2v) is 4.11. The lowest BCUT2D eigenvalue weighted by Crippen LogP contribution is -2.25. The van der Waals surface area contributed by atoms with E-state index in [1.165, 1.54) is 18.2 Å². The highest BCUT2D eigenvalue weighted by molar-refractivity contribution is 6.32. The number of terminal acetylenes is 1. The van der Waals surface area contributed by atoms with Crippen molar-refractivity contribution in [3.63, 3.8) is 0 Å². The summed E-state index contributed by atoms with van der Waals surface area (Å²) >= 11 is 5.88. The number of aromatic carboxylic acids is 1. The summed E-state index contributed by atoms with van der Waals surface area (Å²) < 4.78 is 5.46. The van der Waals surface area contributed by atoms with Crippen molar-refractivity contribution in [2.75, 3.05) is 0 Å². The first-order chi connectivity index (χ1) is 7.35. The predicted octanol–water partition coefficient (Wildman–Crippen LogP) is 2.83. The van der Waals surface area contributed by atoms with Crippen molar-refractivity contribution in [2.45, 2.75) is 19.4 Å². The van der Waals surface area contributed by atoms with E-state index in [1.807, 2.05) is 0 Å². The maximum absolute atomic E-state index is 10.7. The molecule has 0 saturated carbocycles. The van der Waals surface area contributed by atoms with Crippen LogP contribution in [0.25, 0.3) is 0 Å². The summed E-state index contributed by atoms with van der Waals surface area (Å²) in [6.07, 6.45) is 5.27. The molecule has 0 bridgehead atoms. The summed E-state index contributed by atoms with van der Waals surface area (Å²) in [5.41, 5.74) is -0.676. The monoisotopic (exact) mass is 238 g/mol. The topological polar surface area (TPSA) is 46.5 Å². The maximum atomic E-state index is 10.7. The third-order valence-corrected chi connectivity index (χ3v) is 2.19. The fraction of sp³-hybridized carbons (Fsp3) is 0.250. The third kappa shape index (κ3) is 2.91. The normalized spacial score (nSPS) is 10.6. The first-order valence-electron chi connectivity index (χ1n) is 4.55. The van der Waals surface area contributed by atoms with Gasteiger partial charge in [0.05, 0.1) is 10.6 Å². The van der Waals surface area contributed by atoms with Crippen LogP contribution in [0.15, 0.2) is 18.2 Å². The van der Waals surface area contributed by atoms with Crippen LogP contribution in [0.3, 0.4) is 0 Å². The molecule has 0 atom stereocenters. The molecule has 0 unspecified atom stereocenters. The van der Waals surface area contributed by atoms with Gasteiger partial charge in [-0.3, -0.25) is 0 Å². The Labute approximate surface area is 99.0 Å². The Bertz CT molecular complexity index is 458. The second-order valence-electron chi connectivity index (χ2n) is 3.71. The van der Waals surface area contributed by atoms with Gasteiger partial charge >= 0.3 is 5.97 Å². The number of hydrogen-bond acceptors (Lipinski definition) is 2. The van der Waals surface area contributed by atoms with E-state index in [4.69, 9.17) is 27.9 Å². The van der Waals surface area contributed by atoms with Gasteiger partial charge in [0.15, 0.2) is 5.60 Å². The Morgan fingerprint density at radius 1 is 1.56 bits per heavy atom. The minimum atomic E-state index is -1.04. The van der Waals surface area contributed by atoms with Gasteiger partial charge < -0.3 is 9.84 Å². The molecule has 1 N–H and O–H groups in total. The molecular formula is C12H11ClO3. The molecular weight excluding hydrogens is 228 g/mol. The lowest BCUT2D eigenvalue weighted by molar-refractivity contribution is 0.0697. The SMILES string of the molecule is C#CC(C)(C)Oc1ccc(C(=O)O)cc1Cl. The summed E-state index contributed by atoms with van der Waals surface area (Å²) in [6.45, 7) is 3.43. The number of rotatable bonds is 3. The number of carbonyl (C=O) groups is 1. The highest BCUT2D eigenvalue weighted by atomic mass is 35.5. The van der Waals surface area contributed by atoms with E-state index in [-0.39, 0.29) is 10.6 Å². The van der Waals surface area contributed by atoms with E-state index in [0.29, 0.717) is 5.75 Å². The standard InChI is InChI=1S/C12H11ClO3/c1-4-12(2,3)16-10-6-5-8(11(14)15)7-9(10)13/h1,5-7H,2-3H3,(H,14,15). The molecule has 1 aromatic rings. The quantitative estimate of drug-likeness (QED) is 0.824. The van der Waals surface area contributed by atoms with Crippen LogP contribution in [0.5, 0.6) is 5.75 Å². The van der Waals surface area contributed by atoms with Crippen molar-refractivity contribution in [1.29, 1.82) is 0 Å². The summed E-state index contributed by atoms with van der Waals surface area (Å²) in [4.78, 5) is 10.7. The molecule has 0 saturated heterocycles. The number of carboxylic acids is 1. The van der Waals surface area contributed by atoms with Crippen molar-refractivity contribution in [3.05, 3.63) is 28.8 Å². The molecule has 3 nitrogen and oxygen atoms in total. The minimum absolute atomic E-state index is 0.107. The van der Waals surface area contributed by atoms with Crippen LogP contribution in [0, 0.1) is 12.3 Å². The number of hydrogen-bond donors (Lipinski definition) is 1. The molecule has 0 aliphatic heterocycles. The molecule has 0 heterocycles. The van der Waals surface area contributed by atoms with Crippen LogP contribution in [0.2, 0.25) is 5.02 Å². The van der Waals surface area contributed by atoms with Gasteiger partial charge in [0.1, 0.15) is 5.75 Å². The van der Waals surface area contributed by atoms with Gasteiger partial charge in [0, 0.05) is 0 Å². The second kappa shape index (κ2) is 4.46. The largest absolute Gasteiger partial charge is 0.478 e. The van der Waals surface area contributed by atoms with E-state index in [2.05, 4.69) is 5.92 Å². The molecule has 0 aliphatic carbocycles. The predicted molar refractivity (Wildman–Crippen MR) is 62.0 cm³/mol. The maximum Gasteiger partial charge on any atom is 0.335 e. The van der Waals surface area contributed by atoms with E-state index in [1.54, 1.807) is 13.8 Å². The highest BCUT2D eigenvalue weighted by Crippen LogP contribution is 2.28. The zero-order valence-electron chi connectivity index (χ0n) is 8.95. The van der Waals surface area contributed by atoms with Gasteiger partial charge in [0.25, 0.3) is 0 Å². The lowest BCUT2D eigenvalue weighted by Gasteiger charge is -2.21. The molecule has 0 spiro atoms. The third-order valence-electron chi connectivity index (χ3n) is 1.89. The van der Waals surface area contributed by atoms with Crippen LogP contribution >= 0.6 is 11.6 Å². The Balaban J connectivity index is 3.02. The zero-order valence-corrected chi connectivity index (χ0v) is 9.71. The molecule has 0 aromatic heterocycles. The molecule has 84 valence electrons. The average molecular weight is 239 g/mol.